The summed E-state index contributed by atoms with van der Waals surface area (Å²) >= 11 is 0. The van der Waals surface area contributed by atoms with Crippen LogP contribution in [0.15, 0.2) is 47.6 Å². The second kappa shape index (κ2) is 10.8. The van der Waals surface area contributed by atoms with Crippen LogP contribution in [-0.4, -0.2) is 28.1 Å². The minimum Gasteiger partial charge on any atom is -0.459 e. The minimum atomic E-state index is -1.24. The van der Waals surface area contributed by atoms with Crippen LogP contribution in [0.3, 0.4) is 0 Å². The summed E-state index contributed by atoms with van der Waals surface area (Å²) in [6.07, 6.45) is 16.5. The van der Waals surface area contributed by atoms with Crippen LogP contribution in [0.4, 0.5) is 0 Å². The van der Waals surface area contributed by atoms with E-state index in [2.05, 4.69) is 51.7 Å². The first kappa shape index (κ1) is 28.6. The van der Waals surface area contributed by atoms with Gasteiger partial charge in [0.1, 0.15) is 11.2 Å². The van der Waals surface area contributed by atoms with Crippen LogP contribution in [0.25, 0.3) is 0 Å². The standard InChI is InChI=1S/C32H48O4/c1-21-17-19-32(35,24(4)33)20-27(21)14-13-26-10-9-18-31(8)28(15-16-29(26)31)22(2)11-12-23(3)30(6,7)36-25(5)34/h11-14,22-23,28-29,35H,1,9-10,15-20H2,2-8H3/b12-11+,26-13?,27-14?/t22-,23+,28-,29?,31-,32+/m1/s1. The monoisotopic (exact) mass is 496 g/mol. The molecular formula is C32H48O4. The molecule has 4 nitrogen and oxygen atoms in total. The highest BCUT2D eigenvalue weighted by atomic mass is 16.6. The van der Waals surface area contributed by atoms with Crippen molar-refractivity contribution >= 4 is 11.8 Å². The molecule has 0 radical (unpaired) electrons. The van der Waals surface area contributed by atoms with Gasteiger partial charge in [-0.2, -0.15) is 0 Å². The molecule has 0 amide bonds. The number of rotatable bonds is 7. The number of hydrogen-bond donors (Lipinski definition) is 1. The van der Waals surface area contributed by atoms with Crippen molar-refractivity contribution in [1.82, 2.24) is 0 Å². The number of carbonyl (C=O) groups excluding carboxylic acids is 2. The Balaban J connectivity index is 1.75. The molecule has 0 bridgehead atoms. The summed E-state index contributed by atoms with van der Waals surface area (Å²) in [6, 6.07) is 0. The van der Waals surface area contributed by atoms with E-state index in [4.69, 9.17) is 4.74 Å². The molecule has 1 unspecified atom stereocenters. The molecule has 1 N–H and O–H groups in total. The minimum absolute atomic E-state index is 0.138. The maximum atomic E-state index is 12.0. The third kappa shape index (κ3) is 5.96. The first-order chi connectivity index (χ1) is 16.7. The van der Waals surface area contributed by atoms with Crippen LogP contribution < -0.4 is 0 Å². The summed E-state index contributed by atoms with van der Waals surface area (Å²) in [4.78, 5) is 23.5. The van der Waals surface area contributed by atoms with Gasteiger partial charge in [0, 0.05) is 19.3 Å². The molecule has 3 rings (SSSR count). The Kier molecular flexibility index (Phi) is 8.60. The highest BCUT2D eigenvalue weighted by Gasteiger charge is 2.50. The third-order valence-corrected chi connectivity index (χ3v) is 9.81. The van der Waals surface area contributed by atoms with Crippen LogP contribution in [0.1, 0.15) is 99.8 Å². The lowest BCUT2D eigenvalue weighted by atomic mass is 9.61. The fourth-order valence-corrected chi connectivity index (χ4v) is 7.05. The molecule has 0 spiro atoms. The van der Waals surface area contributed by atoms with E-state index >= 15 is 0 Å². The Hall–Kier alpha value is -1.94. The SMILES string of the molecule is C=C1CC[C@@](O)(C(C)=O)CC1=CC=C1CCC[C@@]2(C)C1CC[C@@H]2[C@H](C)/C=C/[C@H](C)C(C)(C)OC(C)=O. The lowest BCUT2D eigenvalue weighted by molar-refractivity contribution is -0.156. The molecule has 0 saturated heterocycles. The van der Waals surface area contributed by atoms with Crippen molar-refractivity contribution < 1.29 is 19.4 Å². The number of Topliss-reactive ketones (excluding diaryl/α,β-unsaturated/α-hetero) is 1. The van der Waals surface area contributed by atoms with Gasteiger partial charge in [0.05, 0.1) is 0 Å². The van der Waals surface area contributed by atoms with Crippen molar-refractivity contribution in [2.24, 2.45) is 29.1 Å². The first-order valence-electron chi connectivity index (χ1n) is 13.9. The number of ketones is 1. The van der Waals surface area contributed by atoms with Gasteiger partial charge in [0.25, 0.3) is 0 Å². The lowest BCUT2D eigenvalue weighted by Crippen LogP contribution is -2.40. The van der Waals surface area contributed by atoms with Gasteiger partial charge in [-0.25, -0.2) is 0 Å². The third-order valence-electron chi connectivity index (χ3n) is 9.81. The molecule has 3 aliphatic rings. The summed E-state index contributed by atoms with van der Waals surface area (Å²) < 4.78 is 5.54. The van der Waals surface area contributed by atoms with Crippen molar-refractivity contribution in [2.75, 3.05) is 0 Å². The first-order valence-corrected chi connectivity index (χ1v) is 13.9. The van der Waals surface area contributed by atoms with Gasteiger partial charge >= 0.3 is 5.97 Å². The van der Waals surface area contributed by atoms with E-state index < -0.39 is 11.2 Å². The number of aliphatic hydroxyl groups is 1. The zero-order valence-corrected chi connectivity index (χ0v) is 23.7. The molecule has 0 aromatic heterocycles. The highest BCUT2D eigenvalue weighted by Crippen LogP contribution is 2.59. The van der Waals surface area contributed by atoms with Gasteiger partial charge in [-0.3, -0.25) is 9.59 Å². The quantitative estimate of drug-likeness (QED) is 0.297. The summed E-state index contributed by atoms with van der Waals surface area (Å²) in [5.41, 5.74) is 2.09. The van der Waals surface area contributed by atoms with Crippen molar-refractivity contribution in [3.05, 3.63) is 47.6 Å². The average molecular weight is 497 g/mol. The van der Waals surface area contributed by atoms with E-state index in [1.807, 2.05) is 13.8 Å². The fraction of sp³-hybridized carbons (Fsp3) is 0.688. The summed E-state index contributed by atoms with van der Waals surface area (Å²) in [5, 5.41) is 10.8. The van der Waals surface area contributed by atoms with E-state index in [0.717, 1.165) is 17.6 Å². The van der Waals surface area contributed by atoms with Gasteiger partial charge in [0.15, 0.2) is 5.78 Å². The molecular weight excluding hydrogens is 448 g/mol. The number of fused-ring (bicyclic) bond motifs is 1. The Labute approximate surface area is 219 Å². The summed E-state index contributed by atoms with van der Waals surface area (Å²) in [6.45, 7) is 18.1. The van der Waals surface area contributed by atoms with Gasteiger partial charge in [-0.05, 0) is 94.5 Å². The molecule has 0 heterocycles. The van der Waals surface area contributed by atoms with Crippen molar-refractivity contribution in [3.8, 4) is 0 Å². The maximum Gasteiger partial charge on any atom is 0.303 e. The van der Waals surface area contributed by atoms with Crippen molar-refractivity contribution in [2.45, 2.75) is 111 Å². The summed E-state index contributed by atoms with van der Waals surface area (Å²) in [5.74, 6) is 1.40. The van der Waals surface area contributed by atoms with E-state index in [9.17, 15) is 14.7 Å². The number of ether oxygens (including phenoxy) is 1. The smallest absolute Gasteiger partial charge is 0.303 e. The fourth-order valence-electron chi connectivity index (χ4n) is 7.05. The van der Waals surface area contributed by atoms with E-state index in [-0.39, 0.29) is 23.1 Å². The number of carbonyl (C=O) groups is 2. The Morgan fingerprint density at radius 3 is 2.44 bits per heavy atom. The number of esters is 1. The van der Waals surface area contributed by atoms with Gasteiger partial charge in [0.2, 0.25) is 0 Å². The Morgan fingerprint density at radius 1 is 1.11 bits per heavy atom. The molecule has 0 aromatic carbocycles. The van der Waals surface area contributed by atoms with Crippen molar-refractivity contribution in [1.29, 1.82) is 0 Å². The number of hydrogen-bond acceptors (Lipinski definition) is 4. The van der Waals surface area contributed by atoms with E-state index in [1.54, 1.807) is 0 Å². The summed E-state index contributed by atoms with van der Waals surface area (Å²) in [7, 11) is 0. The van der Waals surface area contributed by atoms with E-state index in [1.165, 1.54) is 45.1 Å². The van der Waals surface area contributed by atoms with Crippen LogP contribution in [0, 0.1) is 29.1 Å². The topological polar surface area (TPSA) is 63.6 Å². The van der Waals surface area contributed by atoms with Crippen LogP contribution in [0.2, 0.25) is 0 Å². The molecule has 0 aliphatic heterocycles. The molecule has 36 heavy (non-hydrogen) atoms. The molecule has 3 aliphatic carbocycles. The molecule has 3 saturated carbocycles. The van der Waals surface area contributed by atoms with Crippen LogP contribution >= 0.6 is 0 Å². The molecule has 6 atom stereocenters. The average Bonchev–Trinajstić information content (AvgIpc) is 3.14. The van der Waals surface area contributed by atoms with Gasteiger partial charge < -0.3 is 9.84 Å². The Bertz CT molecular complexity index is 967. The second-order valence-electron chi connectivity index (χ2n) is 12.6. The maximum absolute atomic E-state index is 12.0. The van der Waals surface area contributed by atoms with Gasteiger partial charge in [-0.1, -0.05) is 62.8 Å². The lowest BCUT2D eigenvalue weighted by Gasteiger charge is -2.44. The predicted molar refractivity (Wildman–Crippen MR) is 146 cm³/mol. The molecule has 200 valence electrons. The van der Waals surface area contributed by atoms with Crippen LogP contribution in [0.5, 0.6) is 0 Å². The zero-order valence-electron chi connectivity index (χ0n) is 23.7. The molecule has 3 fully saturated rings. The van der Waals surface area contributed by atoms with E-state index in [0.29, 0.717) is 37.0 Å². The Morgan fingerprint density at radius 2 is 1.81 bits per heavy atom. The van der Waals surface area contributed by atoms with Gasteiger partial charge in [-0.15, -0.1) is 0 Å². The highest BCUT2D eigenvalue weighted by molar-refractivity contribution is 5.85. The largest absolute Gasteiger partial charge is 0.459 e. The number of allylic oxidation sites excluding steroid dienone is 5. The predicted octanol–water partition coefficient (Wildman–Crippen LogP) is 7.29. The zero-order chi connectivity index (χ0) is 26.9. The molecule has 0 aromatic rings. The normalized spacial score (nSPS) is 35.2. The molecule has 4 heteroatoms. The van der Waals surface area contributed by atoms with Crippen molar-refractivity contribution in [3.63, 3.8) is 0 Å². The second-order valence-corrected chi connectivity index (χ2v) is 12.6. The van der Waals surface area contributed by atoms with Crippen LogP contribution in [-0.2, 0) is 14.3 Å².